The van der Waals surface area contributed by atoms with E-state index in [9.17, 15) is 4.79 Å². The van der Waals surface area contributed by atoms with E-state index in [0.29, 0.717) is 35.4 Å². The lowest BCUT2D eigenvalue weighted by atomic mass is 9.99. The quantitative estimate of drug-likeness (QED) is 0.622. The van der Waals surface area contributed by atoms with E-state index >= 15 is 0 Å². The lowest BCUT2D eigenvalue weighted by molar-refractivity contribution is 0.0297. The van der Waals surface area contributed by atoms with E-state index in [1.165, 1.54) is 0 Å². The average Bonchev–Trinajstić information content (AvgIpc) is 3.57. The van der Waals surface area contributed by atoms with Crippen LogP contribution in [0.4, 0.5) is 11.6 Å². The number of nitrogens with one attached hydrogen (secondary N) is 1. The molecule has 3 N–H and O–H groups in total. The fourth-order valence-electron chi connectivity index (χ4n) is 3.94. The predicted octanol–water partition coefficient (Wildman–Crippen LogP) is 3.29. The molecule has 1 aliphatic heterocycles. The topological polar surface area (TPSA) is 112 Å². The molecule has 1 aliphatic carbocycles. The normalized spacial score (nSPS) is 19.2. The van der Waals surface area contributed by atoms with Gasteiger partial charge in [-0.05, 0) is 54.8 Å². The fraction of sp³-hybridized carbons (Fsp3) is 0.364. The van der Waals surface area contributed by atoms with Crippen LogP contribution in [0.2, 0.25) is 0 Å². The molecule has 30 heavy (non-hydrogen) atoms. The van der Waals surface area contributed by atoms with Gasteiger partial charge in [0.15, 0.2) is 0 Å². The molecule has 2 aliphatic rings. The van der Waals surface area contributed by atoms with E-state index in [1.807, 2.05) is 13.0 Å². The Morgan fingerprint density at radius 1 is 1.20 bits per heavy atom. The van der Waals surface area contributed by atoms with E-state index < -0.39 is 0 Å². The number of carbonyl (C=O) groups excluding carboxylic acids is 1. The number of pyridine rings is 3. The van der Waals surface area contributed by atoms with E-state index in [0.717, 1.165) is 34.9 Å². The largest absolute Gasteiger partial charge is 0.481 e. The first-order valence-electron chi connectivity index (χ1n) is 10.1. The first-order valence-corrected chi connectivity index (χ1v) is 10.1. The summed E-state index contributed by atoms with van der Waals surface area (Å²) in [6.07, 6.45) is 6.24. The highest BCUT2D eigenvalue weighted by atomic mass is 16.5. The van der Waals surface area contributed by atoms with Crippen molar-refractivity contribution in [3.8, 4) is 5.88 Å². The minimum Gasteiger partial charge on any atom is -0.481 e. The number of anilines is 2. The van der Waals surface area contributed by atoms with Gasteiger partial charge in [0.1, 0.15) is 17.7 Å². The first-order chi connectivity index (χ1) is 14.5. The number of hydrogen-bond acceptors (Lipinski definition) is 8. The molecule has 3 aromatic heterocycles. The maximum absolute atomic E-state index is 12.0. The summed E-state index contributed by atoms with van der Waals surface area (Å²) in [6.45, 7) is 1.86. The molecule has 1 fully saturated rings. The molecule has 0 radical (unpaired) electrons. The van der Waals surface area contributed by atoms with Gasteiger partial charge in [-0.3, -0.25) is 0 Å². The van der Waals surface area contributed by atoms with E-state index in [4.69, 9.17) is 15.2 Å². The Morgan fingerprint density at radius 3 is 2.80 bits per heavy atom. The summed E-state index contributed by atoms with van der Waals surface area (Å²) < 4.78 is 10.7. The number of hydrogen-bond donors (Lipinski definition) is 2. The molecule has 2 atom stereocenters. The van der Waals surface area contributed by atoms with Crippen molar-refractivity contribution in [1.82, 2.24) is 15.0 Å². The number of fused-ring (bicyclic) bond motifs is 2. The number of ether oxygens (including phenoxy) is 2. The van der Waals surface area contributed by atoms with Crippen molar-refractivity contribution < 1.29 is 14.3 Å². The molecule has 3 aromatic rings. The second-order valence-electron chi connectivity index (χ2n) is 7.94. The van der Waals surface area contributed by atoms with Crippen LogP contribution in [-0.4, -0.2) is 34.1 Å². The zero-order valence-electron chi connectivity index (χ0n) is 16.9. The van der Waals surface area contributed by atoms with E-state index in [1.54, 1.807) is 31.6 Å². The van der Waals surface area contributed by atoms with Gasteiger partial charge in [0.2, 0.25) is 5.88 Å². The summed E-state index contributed by atoms with van der Waals surface area (Å²) in [5, 5.41) is 5.04. The third-order valence-electron chi connectivity index (χ3n) is 5.69. The summed E-state index contributed by atoms with van der Waals surface area (Å²) in [4.78, 5) is 25.5. The predicted molar refractivity (Wildman–Crippen MR) is 112 cm³/mol. The molecule has 4 heterocycles. The highest BCUT2D eigenvalue weighted by Crippen LogP contribution is 2.42. The number of rotatable bonds is 5. The molecule has 2 unspecified atom stereocenters. The number of nitrogens with two attached hydrogens (primary N) is 1. The van der Waals surface area contributed by atoms with Crippen LogP contribution in [-0.2, 0) is 11.2 Å². The van der Waals surface area contributed by atoms with Crippen molar-refractivity contribution in [2.24, 2.45) is 11.7 Å². The highest BCUT2D eigenvalue weighted by Gasteiger charge is 2.31. The summed E-state index contributed by atoms with van der Waals surface area (Å²) >= 11 is 0. The number of nitrogens with zero attached hydrogens (tertiary/aromatic N) is 3. The molecular formula is C22H23N5O3. The minimum atomic E-state index is -0.329. The SMILES string of the molecule is COc1ncc(C(N)C2CC2)c2cc(Nc3ccc4c(n3)CC(C)OC4=O)ncc12. The Labute approximate surface area is 173 Å². The molecule has 8 heteroatoms. The molecule has 5 rings (SSSR count). The number of aromatic nitrogens is 3. The summed E-state index contributed by atoms with van der Waals surface area (Å²) in [7, 11) is 1.59. The molecule has 0 spiro atoms. The smallest absolute Gasteiger partial charge is 0.340 e. The third kappa shape index (κ3) is 3.33. The highest BCUT2D eigenvalue weighted by molar-refractivity contribution is 5.93. The van der Waals surface area contributed by atoms with Gasteiger partial charge in [0, 0.05) is 24.9 Å². The molecule has 0 aromatic carbocycles. The van der Waals surface area contributed by atoms with Crippen LogP contribution >= 0.6 is 0 Å². The average molecular weight is 405 g/mol. The second-order valence-corrected chi connectivity index (χ2v) is 7.94. The Bertz CT molecular complexity index is 1150. The Kier molecular flexibility index (Phi) is 4.51. The monoisotopic (exact) mass is 405 g/mol. The number of esters is 1. The van der Waals surface area contributed by atoms with Gasteiger partial charge in [-0.25, -0.2) is 19.7 Å². The molecule has 1 saturated carbocycles. The Hall–Kier alpha value is -3.26. The van der Waals surface area contributed by atoms with Crippen LogP contribution in [0, 0.1) is 5.92 Å². The summed E-state index contributed by atoms with van der Waals surface area (Å²) in [5.41, 5.74) is 8.72. The van der Waals surface area contributed by atoms with E-state index in [2.05, 4.69) is 20.3 Å². The van der Waals surface area contributed by atoms with Crippen molar-refractivity contribution in [3.63, 3.8) is 0 Å². The lowest BCUT2D eigenvalue weighted by Crippen LogP contribution is -2.26. The minimum absolute atomic E-state index is 0.0597. The molecule has 0 saturated heterocycles. The van der Waals surface area contributed by atoms with Gasteiger partial charge in [0.25, 0.3) is 0 Å². The maximum Gasteiger partial charge on any atom is 0.340 e. The summed E-state index contributed by atoms with van der Waals surface area (Å²) in [6, 6.07) is 5.39. The third-order valence-corrected chi connectivity index (χ3v) is 5.69. The fourth-order valence-corrected chi connectivity index (χ4v) is 3.94. The zero-order valence-corrected chi connectivity index (χ0v) is 16.9. The molecular weight excluding hydrogens is 382 g/mol. The van der Waals surface area contributed by atoms with Gasteiger partial charge in [-0.2, -0.15) is 0 Å². The Balaban J connectivity index is 1.51. The zero-order chi connectivity index (χ0) is 20.8. The van der Waals surface area contributed by atoms with Crippen LogP contribution in [0.5, 0.6) is 5.88 Å². The molecule has 0 amide bonds. The van der Waals surface area contributed by atoms with Gasteiger partial charge in [-0.15, -0.1) is 0 Å². The van der Waals surface area contributed by atoms with Gasteiger partial charge in [0.05, 0.1) is 23.8 Å². The van der Waals surface area contributed by atoms with Crippen LogP contribution in [0.3, 0.4) is 0 Å². The molecule has 8 nitrogen and oxygen atoms in total. The lowest BCUT2D eigenvalue weighted by Gasteiger charge is -2.21. The second kappa shape index (κ2) is 7.21. The maximum atomic E-state index is 12.0. The molecule has 154 valence electrons. The number of cyclic esters (lactones) is 1. The van der Waals surface area contributed by atoms with Gasteiger partial charge >= 0.3 is 5.97 Å². The van der Waals surface area contributed by atoms with Crippen LogP contribution in [0.1, 0.15) is 47.4 Å². The number of methoxy groups -OCH3 is 1. The molecule has 0 bridgehead atoms. The van der Waals surface area contributed by atoms with Crippen LogP contribution in [0.15, 0.2) is 30.6 Å². The van der Waals surface area contributed by atoms with Crippen molar-refractivity contribution in [2.45, 2.75) is 38.3 Å². The van der Waals surface area contributed by atoms with Crippen molar-refractivity contribution >= 4 is 28.4 Å². The van der Waals surface area contributed by atoms with Crippen LogP contribution in [0.25, 0.3) is 10.8 Å². The van der Waals surface area contributed by atoms with Gasteiger partial charge < -0.3 is 20.5 Å². The van der Waals surface area contributed by atoms with Crippen molar-refractivity contribution in [1.29, 1.82) is 0 Å². The van der Waals surface area contributed by atoms with Crippen LogP contribution < -0.4 is 15.8 Å². The van der Waals surface area contributed by atoms with E-state index in [-0.39, 0.29) is 18.1 Å². The summed E-state index contributed by atoms with van der Waals surface area (Å²) in [5.74, 6) is 1.95. The first kappa shape index (κ1) is 18.7. The standard InChI is InChI=1S/C22H23N5O3/c1-11-7-17-13(22(28)30-11)5-6-18(26-17)27-19-8-14-15(20(23)12-3-4-12)9-25-21(29-2)16(14)10-24-19/h5-6,8-12,20H,3-4,7,23H2,1-2H3,(H,24,26,27). The number of carbonyl (C=O) groups is 1. The van der Waals surface area contributed by atoms with Crippen molar-refractivity contribution in [2.75, 3.05) is 12.4 Å². The van der Waals surface area contributed by atoms with Gasteiger partial charge in [-0.1, -0.05) is 0 Å². The van der Waals surface area contributed by atoms with Crippen molar-refractivity contribution in [3.05, 3.63) is 47.4 Å². The Morgan fingerprint density at radius 2 is 2.03 bits per heavy atom.